The van der Waals surface area contributed by atoms with E-state index in [1.165, 1.54) is 0 Å². The van der Waals surface area contributed by atoms with E-state index in [2.05, 4.69) is 29.5 Å². The van der Waals surface area contributed by atoms with Crippen molar-refractivity contribution < 1.29 is 27.9 Å². The van der Waals surface area contributed by atoms with Crippen LogP contribution in [-0.2, 0) is 11.2 Å². The van der Waals surface area contributed by atoms with Gasteiger partial charge in [0.1, 0.15) is 5.82 Å². The first-order valence-electron chi connectivity index (χ1n) is 8.96. The number of rotatable bonds is 2. The van der Waals surface area contributed by atoms with Crippen molar-refractivity contribution in [2.45, 2.75) is 50.9 Å². The number of aryl methyl sites for hydroxylation is 1. The van der Waals surface area contributed by atoms with Crippen LogP contribution in [0.5, 0.6) is 0 Å². The summed E-state index contributed by atoms with van der Waals surface area (Å²) in [4.78, 5) is 27.8. The number of carbonyl (C=O) groups excluding carboxylic acids is 1. The fraction of sp³-hybridized carbons (Fsp3) is 0.611. The van der Waals surface area contributed by atoms with Gasteiger partial charge >= 0.3 is 12.1 Å². The maximum atomic E-state index is 12.6. The summed E-state index contributed by atoms with van der Waals surface area (Å²) in [6.45, 7) is 5.97. The normalized spacial score (nSPS) is 20.5. The van der Waals surface area contributed by atoms with Crippen LogP contribution in [0.1, 0.15) is 42.6 Å². The predicted molar refractivity (Wildman–Crippen MR) is 97.3 cm³/mol. The summed E-state index contributed by atoms with van der Waals surface area (Å²) in [6, 6.07) is 2.43. The average molecular weight is 402 g/mol. The molecule has 0 unspecified atom stereocenters. The molecule has 7 nitrogen and oxygen atoms in total. The Hall–Kier alpha value is -2.36. The van der Waals surface area contributed by atoms with Crippen LogP contribution in [0.3, 0.4) is 0 Å². The van der Waals surface area contributed by atoms with Crippen LogP contribution >= 0.6 is 0 Å². The highest BCUT2D eigenvalue weighted by Gasteiger charge is 2.38. The third-order valence-corrected chi connectivity index (χ3v) is 4.82. The number of anilines is 1. The maximum absolute atomic E-state index is 12.6. The van der Waals surface area contributed by atoms with Gasteiger partial charge < -0.3 is 20.6 Å². The van der Waals surface area contributed by atoms with Crippen molar-refractivity contribution in [3.05, 3.63) is 23.4 Å². The number of likely N-dealkylation sites (N-methyl/N-ethyl adjacent to an activating group) is 1. The molecule has 0 aliphatic carbocycles. The molecular weight excluding hydrogens is 377 g/mol. The minimum atomic E-state index is -5.08. The van der Waals surface area contributed by atoms with E-state index in [1.54, 1.807) is 6.20 Å². The molecule has 3 N–H and O–H groups in total. The first-order valence-corrected chi connectivity index (χ1v) is 8.96. The largest absolute Gasteiger partial charge is 0.490 e. The van der Waals surface area contributed by atoms with E-state index in [1.807, 2.05) is 18.0 Å². The van der Waals surface area contributed by atoms with Gasteiger partial charge in [0.2, 0.25) is 0 Å². The van der Waals surface area contributed by atoms with Crippen LogP contribution in [0.2, 0.25) is 0 Å². The highest BCUT2D eigenvalue weighted by atomic mass is 19.4. The Morgan fingerprint density at radius 3 is 2.57 bits per heavy atom. The molecule has 2 aliphatic heterocycles. The third-order valence-electron chi connectivity index (χ3n) is 4.82. The number of carbonyl (C=O) groups is 2. The van der Waals surface area contributed by atoms with Gasteiger partial charge in [-0.25, -0.2) is 9.78 Å². The zero-order valence-electron chi connectivity index (χ0n) is 16.1. The first kappa shape index (κ1) is 21.9. The Morgan fingerprint density at radius 2 is 2.04 bits per heavy atom. The number of alkyl halides is 3. The second-order valence-electron chi connectivity index (χ2n) is 7.57. The standard InChI is InChI=1S/C16H24N4O.C2HF3O2/c1-16(2)6-4-11-8-12(9-18-14(11)19-16)15(21)20-7-5-13(10-20)17-3;3-2(4,5)1(6)7/h8-9,13,17H,4-7,10H2,1-3H3,(H,18,19);(H,6,7)/t13-;/m0./s1. The highest BCUT2D eigenvalue weighted by Crippen LogP contribution is 2.29. The van der Waals surface area contributed by atoms with E-state index >= 15 is 0 Å². The van der Waals surface area contributed by atoms with Crippen molar-refractivity contribution in [2.24, 2.45) is 0 Å². The average Bonchev–Trinajstić information content (AvgIpc) is 3.09. The fourth-order valence-electron chi connectivity index (χ4n) is 3.12. The molecule has 0 bridgehead atoms. The summed E-state index contributed by atoms with van der Waals surface area (Å²) in [7, 11) is 1.95. The van der Waals surface area contributed by atoms with Gasteiger partial charge in [0, 0.05) is 30.9 Å². The fourth-order valence-corrected chi connectivity index (χ4v) is 3.12. The molecule has 3 heterocycles. The van der Waals surface area contributed by atoms with Crippen LogP contribution in [0.15, 0.2) is 12.3 Å². The molecule has 1 aromatic heterocycles. The summed E-state index contributed by atoms with van der Waals surface area (Å²) in [5, 5.41) is 13.8. The Balaban J connectivity index is 0.000000345. The summed E-state index contributed by atoms with van der Waals surface area (Å²) in [5.41, 5.74) is 1.96. The number of hydrogen-bond acceptors (Lipinski definition) is 5. The lowest BCUT2D eigenvalue weighted by atomic mass is 9.91. The molecule has 1 fully saturated rings. The van der Waals surface area contributed by atoms with Gasteiger partial charge in [0.05, 0.1) is 5.56 Å². The minimum absolute atomic E-state index is 0.0838. The molecule has 10 heteroatoms. The van der Waals surface area contributed by atoms with Gasteiger partial charge in [-0.15, -0.1) is 0 Å². The molecule has 1 atom stereocenters. The Bertz CT molecular complexity index is 737. The molecule has 0 radical (unpaired) electrons. The number of amides is 1. The van der Waals surface area contributed by atoms with Crippen LogP contribution < -0.4 is 10.6 Å². The molecular formula is C18H25F3N4O3. The second-order valence-corrected chi connectivity index (χ2v) is 7.57. The molecule has 1 saturated heterocycles. The summed E-state index contributed by atoms with van der Waals surface area (Å²) in [5.74, 6) is -1.72. The number of nitrogens with one attached hydrogen (secondary N) is 2. The van der Waals surface area contributed by atoms with Crippen LogP contribution in [0.4, 0.5) is 19.0 Å². The monoisotopic (exact) mass is 402 g/mol. The van der Waals surface area contributed by atoms with E-state index in [0.717, 1.165) is 43.7 Å². The molecule has 0 aromatic carbocycles. The van der Waals surface area contributed by atoms with Gasteiger partial charge in [0.15, 0.2) is 0 Å². The minimum Gasteiger partial charge on any atom is -0.475 e. The number of fused-ring (bicyclic) bond motifs is 1. The smallest absolute Gasteiger partial charge is 0.475 e. The summed E-state index contributed by atoms with van der Waals surface area (Å²) >= 11 is 0. The zero-order chi connectivity index (χ0) is 21.1. The molecule has 156 valence electrons. The Kier molecular flexibility index (Phi) is 6.53. The van der Waals surface area contributed by atoms with Crippen molar-refractivity contribution in [3.63, 3.8) is 0 Å². The van der Waals surface area contributed by atoms with E-state index in [-0.39, 0.29) is 11.4 Å². The van der Waals surface area contributed by atoms with Crippen molar-refractivity contribution in [3.8, 4) is 0 Å². The van der Waals surface area contributed by atoms with Gasteiger partial charge in [-0.2, -0.15) is 13.2 Å². The number of pyridine rings is 1. The maximum Gasteiger partial charge on any atom is 0.490 e. The quantitative estimate of drug-likeness (QED) is 0.703. The third kappa shape index (κ3) is 5.57. The first-order chi connectivity index (χ1) is 12.9. The van der Waals surface area contributed by atoms with Crippen LogP contribution in [0.25, 0.3) is 0 Å². The number of aliphatic carboxylic acids is 1. The van der Waals surface area contributed by atoms with E-state index in [9.17, 15) is 18.0 Å². The van der Waals surface area contributed by atoms with Crippen LogP contribution in [0, 0.1) is 0 Å². The van der Waals surface area contributed by atoms with Gasteiger partial charge in [0.25, 0.3) is 5.91 Å². The summed E-state index contributed by atoms with van der Waals surface area (Å²) < 4.78 is 31.7. The number of hydrogen-bond donors (Lipinski definition) is 3. The van der Waals surface area contributed by atoms with Crippen molar-refractivity contribution in [2.75, 3.05) is 25.5 Å². The summed E-state index contributed by atoms with van der Waals surface area (Å²) in [6.07, 6.45) is -0.313. The van der Waals surface area contributed by atoms with Crippen LogP contribution in [-0.4, -0.2) is 64.8 Å². The molecule has 1 aromatic rings. The number of aromatic nitrogens is 1. The molecule has 0 saturated carbocycles. The molecule has 1 amide bonds. The number of carboxylic acids is 1. The van der Waals surface area contributed by atoms with Gasteiger partial charge in [-0.3, -0.25) is 4.79 Å². The van der Waals surface area contributed by atoms with E-state index in [0.29, 0.717) is 11.6 Å². The lowest BCUT2D eigenvalue weighted by Gasteiger charge is -2.33. The molecule has 2 aliphatic rings. The molecule has 28 heavy (non-hydrogen) atoms. The Labute approximate surface area is 161 Å². The lowest BCUT2D eigenvalue weighted by Crippen LogP contribution is -2.36. The molecule has 0 spiro atoms. The number of nitrogens with zero attached hydrogens (tertiary/aromatic N) is 2. The number of likely N-dealkylation sites (tertiary alicyclic amines) is 1. The molecule has 3 rings (SSSR count). The predicted octanol–water partition coefficient (Wildman–Crippen LogP) is 2.29. The zero-order valence-corrected chi connectivity index (χ0v) is 16.1. The van der Waals surface area contributed by atoms with Crippen molar-refractivity contribution in [1.29, 1.82) is 0 Å². The second kappa shape index (κ2) is 8.34. The van der Waals surface area contributed by atoms with E-state index < -0.39 is 12.1 Å². The van der Waals surface area contributed by atoms with Crippen molar-refractivity contribution in [1.82, 2.24) is 15.2 Å². The van der Waals surface area contributed by atoms with Crippen molar-refractivity contribution >= 4 is 17.7 Å². The van der Waals surface area contributed by atoms with Gasteiger partial charge in [-0.05, 0) is 51.8 Å². The SMILES string of the molecule is CN[C@H]1CCN(C(=O)c2cnc3c(c2)CCC(C)(C)N3)C1.O=C(O)C(F)(F)F. The van der Waals surface area contributed by atoms with Gasteiger partial charge in [-0.1, -0.05) is 0 Å². The number of carboxylic acid groups (broad SMARTS) is 1. The lowest BCUT2D eigenvalue weighted by molar-refractivity contribution is -0.192. The topological polar surface area (TPSA) is 94.6 Å². The Morgan fingerprint density at radius 1 is 1.39 bits per heavy atom. The number of halogens is 3. The van der Waals surface area contributed by atoms with E-state index in [4.69, 9.17) is 9.90 Å². The highest BCUT2D eigenvalue weighted by molar-refractivity contribution is 5.94.